The third-order valence-corrected chi connectivity index (χ3v) is 3.82. The molecule has 0 aliphatic heterocycles. The Kier molecular flexibility index (Phi) is 3.47. The number of rotatable bonds is 2. The fraction of sp³-hybridized carbons (Fsp3) is 0.0833. The van der Waals surface area contributed by atoms with Gasteiger partial charge in [-0.05, 0) is 24.3 Å². The first-order valence-electron chi connectivity index (χ1n) is 5.17. The van der Waals surface area contributed by atoms with Crippen molar-refractivity contribution in [1.29, 1.82) is 0 Å². The Morgan fingerprint density at radius 3 is 2.47 bits per heavy atom. The molecule has 1 aromatic heterocycles. The summed E-state index contributed by atoms with van der Waals surface area (Å²) >= 11 is 5.76. The van der Waals surface area contributed by atoms with E-state index in [1.807, 2.05) is 0 Å². The van der Waals surface area contributed by atoms with Gasteiger partial charge in [0.15, 0.2) is 9.84 Å². The standard InChI is InChI=1S/C12H9ClFNO3S/c1-19(17,18)11-4-3-9(6-10(11)14)15-7-8(13)2-5-12(15)16/h2-7H,1H3. The largest absolute Gasteiger partial charge is 0.283 e. The molecule has 0 N–H and O–H groups in total. The monoisotopic (exact) mass is 301 g/mol. The van der Waals surface area contributed by atoms with Crippen molar-refractivity contribution in [3.05, 3.63) is 57.7 Å². The molecule has 0 fully saturated rings. The molecule has 19 heavy (non-hydrogen) atoms. The van der Waals surface area contributed by atoms with E-state index in [9.17, 15) is 17.6 Å². The van der Waals surface area contributed by atoms with Crippen LogP contribution in [0.2, 0.25) is 5.02 Å². The van der Waals surface area contributed by atoms with E-state index in [0.717, 1.165) is 23.0 Å². The van der Waals surface area contributed by atoms with Crippen molar-refractivity contribution in [2.75, 3.05) is 6.26 Å². The van der Waals surface area contributed by atoms with Crippen LogP contribution in [-0.2, 0) is 9.84 Å². The molecular formula is C12H9ClFNO3S. The Bertz CT molecular complexity index is 799. The molecule has 0 atom stereocenters. The van der Waals surface area contributed by atoms with Crippen molar-refractivity contribution in [1.82, 2.24) is 4.57 Å². The zero-order valence-corrected chi connectivity index (χ0v) is 11.4. The normalized spacial score (nSPS) is 11.5. The van der Waals surface area contributed by atoms with E-state index < -0.39 is 26.1 Å². The first-order valence-corrected chi connectivity index (χ1v) is 7.44. The van der Waals surface area contributed by atoms with Gasteiger partial charge in [-0.1, -0.05) is 11.6 Å². The molecule has 0 saturated heterocycles. The molecule has 1 aromatic carbocycles. The molecule has 0 radical (unpaired) electrons. The first-order chi connectivity index (χ1) is 8.79. The van der Waals surface area contributed by atoms with Crippen LogP contribution in [0.5, 0.6) is 0 Å². The van der Waals surface area contributed by atoms with Gasteiger partial charge in [0.05, 0.1) is 10.7 Å². The van der Waals surface area contributed by atoms with Crippen LogP contribution in [0.15, 0.2) is 46.2 Å². The highest BCUT2D eigenvalue weighted by Gasteiger charge is 2.14. The predicted molar refractivity (Wildman–Crippen MR) is 70.1 cm³/mol. The van der Waals surface area contributed by atoms with Gasteiger partial charge >= 0.3 is 0 Å². The summed E-state index contributed by atoms with van der Waals surface area (Å²) in [4.78, 5) is 11.2. The number of hydrogen-bond acceptors (Lipinski definition) is 3. The van der Waals surface area contributed by atoms with Gasteiger partial charge < -0.3 is 0 Å². The number of nitrogens with zero attached hydrogens (tertiary/aromatic N) is 1. The minimum absolute atomic E-state index is 0.206. The van der Waals surface area contributed by atoms with Gasteiger partial charge in [-0.2, -0.15) is 0 Å². The van der Waals surface area contributed by atoms with Gasteiger partial charge in [0.1, 0.15) is 10.7 Å². The molecule has 0 saturated carbocycles. The molecule has 0 bridgehead atoms. The highest BCUT2D eigenvalue weighted by Crippen LogP contribution is 2.18. The number of hydrogen-bond donors (Lipinski definition) is 0. The second kappa shape index (κ2) is 4.79. The maximum Gasteiger partial charge on any atom is 0.255 e. The van der Waals surface area contributed by atoms with Crippen molar-refractivity contribution in [3.63, 3.8) is 0 Å². The van der Waals surface area contributed by atoms with Crippen LogP contribution in [0, 0.1) is 5.82 Å². The highest BCUT2D eigenvalue weighted by molar-refractivity contribution is 7.90. The summed E-state index contributed by atoms with van der Waals surface area (Å²) in [6.45, 7) is 0. The van der Waals surface area contributed by atoms with Crippen LogP contribution in [0.4, 0.5) is 4.39 Å². The van der Waals surface area contributed by atoms with E-state index in [0.29, 0.717) is 5.02 Å². The lowest BCUT2D eigenvalue weighted by molar-refractivity contribution is 0.570. The molecule has 7 heteroatoms. The fourth-order valence-corrected chi connectivity index (χ4v) is 2.49. The lowest BCUT2D eigenvalue weighted by atomic mass is 10.3. The van der Waals surface area contributed by atoms with Gasteiger partial charge in [0.2, 0.25) is 0 Å². The average Bonchev–Trinajstić information content (AvgIpc) is 2.30. The second-order valence-corrected chi connectivity index (χ2v) is 6.36. The van der Waals surface area contributed by atoms with Crippen molar-refractivity contribution in [2.45, 2.75) is 4.90 Å². The lowest BCUT2D eigenvalue weighted by Gasteiger charge is -2.07. The Labute approximate surface area is 114 Å². The number of sulfone groups is 1. The zero-order chi connectivity index (χ0) is 14.2. The van der Waals surface area contributed by atoms with Gasteiger partial charge in [-0.15, -0.1) is 0 Å². The van der Waals surface area contributed by atoms with E-state index >= 15 is 0 Å². The minimum atomic E-state index is -3.64. The Balaban J connectivity index is 2.63. The topological polar surface area (TPSA) is 56.1 Å². The second-order valence-electron chi connectivity index (χ2n) is 3.94. The smallest absolute Gasteiger partial charge is 0.255 e. The summed E-state index contributed by atoms with van der Waals surface area (Å²) in [7, 11) is -3.64. The Hall–Kier alpha value is -1.66. The molecule has 0 spiro atoms. The van der Waals surface area contributed by atoms with Crippen LogP contribution in [0.25, 0.3) is 5.69 Å². The molecule has 0 amide bonds. The van der Waals surface area contributed by atoms with Crippen LogP contribution in [0.3, 0.4) is 0 Å². The fourth-order valence-electron chi connectivity index (χ4n) is 1.60. The van der Waals surface area contributed by atoms with Crippen molar-refractivity contribution in [3.8, 4) is 5.69 Å². The third-order valence-electron chi connectivity index (χ3n) is 2.47. The van der Waals surface area contributed by atoms with Gasteiger partial charge in [0, 0.05) is 18.5 Å². The molecule has 1 heterocycles. The van der Waals surface area contributed by atoms with Crippen LogP contribution in [-0.4, -0.2) is 19.2 Å². The summed E-state index contributed by atoms with van der Waals surface area (Å²) in [5.74, 6) is -0.910. The van der Waals surface area contributed by atoms with Crippen molar-refractivity contribution >= 4 is 21.4 Å². The molecule has 0 aliphatic rings. The van der Waals surface area contributed by atoms with Crippen molar-refractivity contribution in [2.24, 2.45) is 0 Å². The molecule has 4 nitrogen and oxygen atoms in total. The van der Waals surface area contributed by atoms with E-state index in [4.69, 9.17) is 11.6 Å². The number of halogens is 2. The van der Waals surface area contributed by atoms with Gasteiger partial charge in [-0.25, -0.2) is 12.8 Å². The summed E-state index contributed by atoms with van der Waals surface area (Å²) in [6.07, 6.45) is 2.25. The van der Waals surface area contributed by atoms with Crippen LogP contribution in [0.1, 0.15) is 0 Å². The van der Waals surface area contributed by atoms with E-state index in [1.165, 1.54) is 24.4 Å². The van der Waals surface area contributed by atoms with Gasteiger partial charge in [-0.3, -0.25) is 9.36 Å². The van der Waals surface area contributed by atoms with Gasteiger partial charge in [0.25, 0.3) is 5.56 Å². The maximum atomic E-state index is 13.7. The third kappa shape index (κ3) is 2.85. The summed E-state index contributed by atoms with van der Waals surface area (Å²) in [5.41, 5.74) is -0.187. The van der Waals surface area contributed by atoms with Crippen LogP contribution < -0.4 is 5.56 Å². The Morgan fingerprint density at radius 1 is 1.21 bits per heavy atom. The SMILES string of the molecule is CS(=O)(=O)c1ccc(-n2cc(Cl)ccc2=O)cc1F. The maximum absolute atomic E-state index is 13.7. The number of benzene rings is 1. The average molecular weight is 302 g/mol. The lowest BCUT2D eigenvalue weighted by Crippen LogP contribution is -2.16. The number of pyridine rings is 1. The molecule has 0 aliphatic carbocycles. The predicted octanol–water partition coefficient (Wildman–Crippen LogP) is 2.03. The van der Waals surface area contributed by atoms with Crippen LogP contribution >= 0.6 is 11.6 Å². The quantitative estimate of drug-likeness (QED) is 0.853. The molecule has 100 valence electrons. The Morgan fingerprint density at radius 2 is 1.89 bits per heavy atom. The first kappa shape index (κ1) is 13.8. The molecule has 0 unspecified atom stereocenters. The molecule has 2 aromatic rings. The van der Waals surface area contributed by atoms with E-state index in [-0.39, 0.29) is 5.69 Å². The van der Waals surface area contributed by atoms with Crippen molar-refractivity contribution < 1.29 is 12.8 Å². The summed E-state index contributed by atoms with van der Waals surface area (Å²) in [6, 6.07) is 6.10. The summed E-state index contributed by atoms with van der Waals surface area (Å²) in [5, 5.41) is 0.312. The van der Waals surface area contributed by atoms with E-state index in [1.54, 1.807) is 0 Å². The minimum Gasteiger partial charge on any atom is -0.283 e. The molecular weight excluding hydrogens is 293 g/mol. The summed E-state index contributed by atoms with van der Waals surface area (Å²) < 4.78 is 37.5. The molecule has 2 rings (SSSR count). The van der Waals surface area contributed by atoms with E-state index in [2.05, 4.69) is 0 Å². The zero-order valence-electron chi connectivity index (χ0n) is 9.80. The highest BCUT2D eigenvalue weighted by atomic mass is 35.5. The number of aromatic nitrogens is 1.